The number of carbonyl (C=O) groups is 2. The molecule has 0 saturated carbocycles. The highest BCUT2D eigenvalue weighted by atomic mass is 16.5. The summed E-state index contributed by atoms with van der Waals surface area (Å²) < 4.78 is 6.46. The van der Waals surface area contributed by atoms with E-state index >= 15 is 0 Å². The van der Waals surface area contributed by atoms with Crippen LogP contribution in [0.2, 0.25) is 0 Å². The summed E-state index contributed by atoms with van der Waals surface area (Å²) in [6.45, 7) is 10.5. The second-order valence-corrected chi connectivity index (χ2v) is 5.76. The standard InChI is InChI=1S/C14H24N4O3/c1-6-8-15-10(19)9-18-12(14(3,4)5)11(16-17-18)13(20)21-7-2/h6-9H2,1-5H3,(H,15,19). The van der Waals surface area contributed by atoms with Gasteiger partial charge in [0.1, 0.15) is 6.54 Å². The summed E-state index contributed by atoms with van der Waals surface area (Å²) in [5.41, 5.74) is 0.400. The summed E-state index contributed by atoms with van der Waals surface area (Å²) in [4.78, 5) is 23.8. The fourth-order valence-corrected chi connectivity index (χ4v) is 1.96. The van der Waals surface area contributed by atoms with Crippen LogP contribution in [0.15, 0.2) is 0 Å². The fourth-order valence-electron chi connectivity index (χ4n) is 1.96. The lowest BCUT2D eigenvalue weighted by atomic mass is 9.90. The van der Waals surface area contributed by atoms with Crippen LogP contribution >= 0.6 is 0 Å². The number of hydrogen-bond donors (Lipinski definition) is 1. The van der Waals surface area contributed by atoms with E-state index < -0.39 is 5.97 Å². The fraction of sp³-hybridized carbons (Fsp3) is 0.714. The number of carbonyl (C=O) groups excluding carboxylic acids is 2. The molecule has 0 atom stereocenters. The highest BCUT2D eigenvalue weighted by Gasteiger charge is 2.30. The molecule has 0 radical (unpaired) electrons. The van der Waals surface area contributed by atoms with Gasteiger partial charge in [0.2, 0.25) is 5.91 Å². The Morgan fingerprint density at radius 1 is 1.29 bits per heavy atom. The zero-order valence-corrected chi connectivity index (χ0v) is 13.4. The molecule has 0 unspecified atom stereocenters. The predicted molar refractivity (Wildman–Crippen MR) is 78.0 cm³/mol. The predicted octanol–water partition coefficient (Wildman–Crippen LogP) is 1.28. The molecule has 1 aromatic heterocycles. The summed E-state index contributed by atoms with van der Waals surface area (Å²) in [6, 6.07) is 0. The first-order chi connectivity index (χ1) is 9.81. The Balaban J connectivity index is 3.05. The van der Waals surface area contributed by atoms with E-state index in [9.17, 15) is 9.59 Å². The van der Waals surface area contributed by atoms with E-state index in [0.717, 1.165) is 6.42 Å². The Kier molecular flexibility index (Phi) is 5.87. The molecule has 0 aliphatic carbocycles. The number of ether oxygens (including phenoxy) is 1. The molecule has 21 heavy (non-hydrogen) atoms. The number of nitrogens with one attached hydrogen (secondary N) is 1. The summed E-state index contributed by atoms with van der Waals surface area (Å²) in [5, 5.41) is 10.6. The monoisotopic (exact) mass is 296 g/mol. The maximum absolute atomic E-state index is 11.9. The number of nitrogens with zero attached hydrogens (tertiary/aromatic N) is 3. The van der Waals surface area contributed by atoms with Crippen molar-refractivity contribution >= 4 is 11.9 Å². The third-order valence-electron chi connectivity index (χ3n) is 2.78. The number of rotatable bonds is 6. The lowest BCUT2D eigenvalue weighted by Crippen LogP contribution is -2.31. The molecule has 0 fully saturated rings. The topological polar surface area (TPSA) is 86.1 Å². The average molecular weight is 296 g/mol. The zero-order valence-electron chi connectivity index (χ0n) is 13.4. The van der Waals surface area contributed by atoms with Crippen LogP contribution < -0.4 is 5.32 Å². The normalized spacial score (nSPS) is 11.3. The van der Waals surface area contributed by atoms with Gasteiger partial charge >= 0.3 is 5.97 Å². The van der Waals surface area contributed by atoms with Gasteiger partial charge in [-0.25, -0.2) is 9.48 Å². The smallest absolute Gasteiger partial charge is 0.360 e. The van der Waals surface area contributed by atoms with Crippen molar-refractivity contribution in [3.8, 4) is 0 Å². The lowest BCUT2D eigenvalue weighted by molar-refractivity contribution is -0.121. The number of hydrogen-bond acceptors (Lipinski definition) is 5. The lowest BCUT2D eigenvalue weighted by Gasteiger charge is -2.20. The van der Waals surface area contributed by atoms with Crippen LogP contribution in [0.1, 0.15) is 57.2 Å². The van der Waals surface area contributed by atoms with Crippen molar-refractivity contribution in [3.05, 3.63) is 11.4 Å². The Hall–Kier alpha value is -1.92. The highest BCUT2D eigenvalue weighted by Crippen LogP contribution is 2.25. The van der Waals surface area contributed by atoms with Crippen molar-refractivity contribution in [2.75, 3.05) is 13.2 Å². The van der Waals surface area contributed by atoms with Gasteiger partial charge in [-0.2, -0.15) is 0 Å². The van der Waals surface area contributed by atoms with Gasteiger partial charge in [0.05, 0.1) is 12.3 Å². The number of amides is 1. The molecule has 0 spiro atoms. The first-order valence-corrected chi connectivity index (χ1v) is 7.19. The minimum atomic E-state index is -0.511. The van der Waals surface area contributed by atoms with E-state index in [1.54, 1.807) is 6.92 Å². The Bertz CT molecular complexity index is 503. The van der Waals surface area contributed by atoms with Crippen molar-refractivity contribution in [2.24, 2.45) is 0 Å². The second-order valence-electron chi connectivity index (χ2n) is 5.76. The third-order valence-corrected chi connectivity index (χ3v) is 2.78. The zero-order chi connectivity index (χ0) is 16.0. The van der Waals surface area contributed by atoms with Crippen LogP contribution in [0.5, 0.6) is 0 Å². The first kappa shape index (κ1) is 17.1. The van der Waals surface area contributed by atoms with Gasteiger partial charge in [0, 0.05) is 12.0 Å². The molecule has 118 valence electrons. The molecular weight excluding hydrogens is 272 g/mol. The van der Waals surface area contributed by atoms with E-state index in [1.165, 1.54) is 4.68 Å². The van der Waals surface area contributed by atoms with Crippen molar-refractivity contribution in [3.63, 3.8) is 0 Å². The molecule has 7 heteroatoms. The van der Waals surface area contributed by atoms with Crippen LogP contribution in [-0.2, 0) is 21.5 Å². The van der Waals surface area contributed by atoms with Gasteiger partial charge in [0.15, 0.2) is 5.69 Å². The van der Waals surface area contributed by atoms with Gasteiger partial charge in [-0.15, -0.1) is 5.10 Å². The molecule has 1 aromatic rings. The third kappa shape index (κ3) is 4.54. The van der Waals surface area contributed by atoms with Gasteiger partial charge in [-0.3, -0.25) is 4.79 Å². The van der Waals surface area contributed by atoms with Gasteiger partial charge < -0.3 is 10.1 Å². The molecule has 0 aliphatic rings. The molecule has 1 amide bonds. The van der Waals surface area contributed by atoms with Crippen LogP contribution in [0.25, 0.3) is 0 Å². The summed E-state index contributed by atoms with van der Waals surface area (Å²) >= 11 is 0. The SMILES string of the molecule is CCCNC(=O)Cn1nnc(C(=O)OCC)c1C(C)(C)C. The van der Waals surface area contributed by atoms with E-state index in [0.29, 0.717) is 12.2 Å². The molecule has 1 rings (SSSR count). The van der Waals surface area contributed by atoms with E-state index in [4.69, 9.17) is 4.74 Å². The summed E-state index contributed by atoms with van der Waals surface area (Å²) in [7, 11) is 0. The molecule has 0 aromatic carbocycles. The second kappa shape index (κ2) is 7.19. The molecule has 0 aliphatic heterocycles. The maximum Gasteiger partial charge on any atom is 0.360 e. The van der Waals surface area contributed by atoms with Crippen LogP contribution in [0, 0.1) is 0 Å². The van der Waals surface area contributed by atoms with Gasteiger partial charge in [-0.05, 0) is 13.3 Å². The van der Waals surface area contributed by atoms with Crippen LogP contribution in [0.3, 0.4) is 0 Å². The molecule has 1 N–H and O–H groups in total. The molecule has 1 heterocycles. The minimum Gasteiger partial charge on any atom is -0.461 e. The minimum absolute atomic E-state index is 0.0407. The average Bonchev–Trinajstić information content (AvgIpc) is 2.80. The summed E-state index contributed by atoms with van der Waals surface area (Å²) in [6.07, 6.45) is 0.864. The highest BCUT2D eigenvalue weighted by molar-refractivity contribution is 5.89. The van der Waals surface area contributed by atoms with Crippen molar-refractivity contribution in [2.45, 2.75) is 53.0 Å². The van der Waals surface area contributed by atoms with Crippen molar-refractivity contribution < 1.29 is 14.3 Å². The Labute approximate surface area is 125 Å². The largest absolute Gasteiger partial charge is 0.461 e. The summed E-state index contributed by atoms with van der Waals surface area (Å²) in [5.74, 6) is -0.662. The van der Waals surface area contributed by atoms with E-state index in [-0.39, 0.29) is 30.2 Å². The molecule has 0 bridgehead atoms. The molecule has 0 saturated heterocycles. The number of aromatic nitrogens is 3. The quantitative estimate of drug-likeness (QED) is 0.799. The van der Waals surface area contributed by atoms with Crippen LogP contribution in [-0.4, -0.2) is 40.0 Å². The number of esters is 1. The van der Waals surface area contributed by atoms with Crippen LogP contribution in [0.4, 0.5) is 0 Å². The van der Waals surface area contributed by atoms with Crippen molar-refractivity contribution in [1.29, 1.82) is 0 Å². The van der Waals surface area contributed by atoms with Crippen molar-refractivity contribution in [1.82, 2.24) is 20.3 Å². The van der Waals surface area contributed by atoms with Gasteiger partial charge in [-0.1, -0.05) is 32.9 Å². The van der Waals surface area contributed by atoms with E-state index in [1.807, 2.05) is 27.7 Å². The first-order valence-electron chi connectivity index (χ1n) is 7.19. The van der Waals surface area contributed by atoms with Gasteiger partial charge in [0.25, 0.3) is 0 Å². The molecular formula is C14H24N4O3. The maximum atomic E-state index is 11.9. The van der Waals surface area contributed by atoms with E-state index in [2.05, 4.69) is 15.6 Å². The Morgan fingerprint density at radius 3 is 2.48 bits per heavy atom. The Morgan fingerprint density at radius 2 is 1.95 bits per heavy atom. The molecule has 7 nitrogen and oxygen atoms in total.